The number of aryl methyl sites for hydroxylation is 1. The first kappa shape index (κ1) is 16.6. The van der Waals surface area contributed by atoms with Crippen LogP contribution in [0.15, 0.2) is 60.8 Å². The van der Waals surface area contributed by atoms with Crippen molar-refractivity contribution < 1.29 is 9.59 Å². The van der Waals surface area contributed by atoms with E-state index in [-0.39, 0.29) is 11.5 Å². The average Bonchev–Trinajstić information content (AvgIpc) is 3.18. The molecule has 0 fully saturated rings. The summed E-state index contributed by atoms with van der Waals surface area (Å²) >= 11 is 5.94. The second-order valence-electron chi connectivity index (χ2n) is 6.51. The van der Waals surface area contributed by atoms with Crippen LogP contribution in [0.4, 0.5) is 5.69 Å². The van der Waals surface area contributed by atoms with Gasteiger partial charge in [-0.3, -0.25) is 9.59 Å². The second kappa shape index (κ2) is 6.00. The van der Waals surface area contributed by atoms with E-state index < -0.39 is 5.91 Å². The summed E-state index contributed by atoms with van der Waals surface area (Å²) in [6, 6.07) is 16.1. The number of imide groups is 1. The van der Waals surface area contributed by atoms with E-state index in [2.05, 4.69) is 10.1 Å². The van der Waals surface area contributed by atoms with Crippen LogP contribution in [0.25, 0.3) is 22.3 Å². The van der Waals surface area contributed by atoms with Gasteiger partial charge in [-0.15, -0.1) is 0 Å². The molecule has 136 valence electrons. The lowest BCUT2D eigenvalue weighted by Gasteiger charge is -2.13. The number of nitrogens with zero attached hydrogens (tertiary/aromatic N) is 4. The van der Waals surface area contributed by atoms with Gasteiger partial charge >= 0.3 is 0 Å². The molecule has 0 saturated heterocycles. The van der Waals surface area contributed by atoms with Gasteiger partial charge in [0.05, 0.1) is 22.2 Å². The van der Waals surface area contributed by atoms with Crippen molar-refractivity contribution in [3.63, 3.8) is 0 Å². The Hall–Kier alpha value is -3.51. The van der Waals surface area contributed by atoms with Crippen LogP contribution in [0.2, 0.25) is 5.02 Å². The molecule has 0 bridgehead atoms. The number of carbonyl (C=O) groups excluding carboxylic acids is 2. The van der Waals surface area contributed by atoms with Gasteiger partial charge in [0.1, 0.15) is 5.69 Å². The SMILES string of the molecule is Cn1nc(-c2ccccc2)c2c3c(cnc21)C(=O)N(c1ccc(Cl)cc1)C3=O. The molecule has 0 unspecified atom stereocenters. The maximum Gasteiger partial charge on any atom is 0.267 e. The normalized spacial score (nSPS) is 13.4. The molecular formula is C21H13ClN4O2. The van der Waals surface area contributed by atoms with Crippen molar-refractivity contribution in [2.45, 2.75) is 0 Å². The third kappa shape index (κ3) is 2.28. The minimum Gasteiger partial charge on any atom is -0.268 e. The van der Waals surface area contributed by atoms with E-state index in [0.29, 0.717) is 33.0 Å². The minimum atomic E-state index is -0.403. The van der Waals surface area contributed by atoms with Crippen LogP contribution in [-0.4, -0.2) is 26.6 Å². The Morgan fingerprint density at radius 3 is 2.36 bits per heavy atom. The van der Waals surface area contributed by atoms with Gasteiger partial charge in [0.15, 0.2) is 5.65 Å². The van der Waals surface area contributed by atoms with E-state index in [0.717, 1.165) is 10.5 Å². The molecule has 7 heteroatoms. The number of halogens is 1. The molecule has 6 nitrogen and oxygen atoms in total. The van der Waals surface area contributed by atoms with Gasteiger partial charge in [-0.25, -0.2) is 14.6 Å². The molecule has 2 aromatic heterocycles. The van der Waals surface area contributed by atoms with Gasteiger partial charge in [0, 0.05) is 23.8 Å². The highest BCUT2D eigenvalue weighted by Crippen LogP contribution is 2.37. The largest absolute Gasteiger partial charge is 0.268 e. The molecule has 0 aliphatic carbocycles. The lowest BCUT2D eigenvalue weighted by molar-refractivity contribution is 0.0926. The summed E-state index contributed by atoms with van der Waals surface area (Å²) in [5.41, 5.74) is 3.11. The van der Waals surface area contributed by atoms with Gasteiger partial charge in [0.2, 0.25) is 0 Å². The Morgan fingerprint density at radius 1 is 0.929 bits per heavy atom. The number of rotatable bonds is 2. The topological polar surface area (TPSA) is 68.1 Å². The Bertz CT molecular complexity index is 1260. The maximum atomic E-state index is 13.3. The van der Waals surface area contributed by atoms with Gasteiger partial charge in [-0.05, 0) is 24.3 Å². The number of hydrogen-bond donors (Lipinski definition) is 0. The molecule has 1 aliphatic rings. The predicted octanol–water partition coefficient (Wildman–Crippen LogP) is 4.09. The van der Waals surface area contributed by atoms with Crippen LogP contribution in [0.3, 0.4) is 0 Å². The smallest absolute Gasteiger partial charge is 0.267 e. The average molecular weight is 389 g/mol. The van der Waals surface area contributed by atoms with Crippen LogP contribution in [0.1, 0.15) is 20.7 Å². The number of anilines is 1. The second-order valence-corrected chi connectivity index (χ2v) is 6.94. The molecule has 0 spiro atoms. The molecule has 0 saturated carbocycles. The molecule has 5 rings (SSSR count). The maximum absolute atomic E-state index is 13.3. The van der Waals surface area contributed by atoms with E-state index in [1.165, 1.54) is 6.20 Å². The fourth-order valence-corrected chi connectivity index (χ4v) is 3.68. The van der Waals surface area contributed by atoms with Crippen LogP contribution >= 0.6 is 11.6 Å². The molecule has 0 atom stereocenters. The molecule has 2 aromatic carbocycles. The van der Waals surface area contributed by atoms with E-state index >= 15 is 0 Å². The molecule has 1 aliphatic heterocycles. The number of fused-ring (bicyclic) bond motifs is 3. The Morgan fingerprint density at radius 2 is 1.64 bits per heavy atom. The summed E-state index contributed by atoms with van der Waals surface area (Å²) in [6.45, 7) is 0. The number of hydrogen-bond acceptors (Lipinski definition) is 4. The van der Waals surface area contributed by atoms with Crippen molar-refractivity contribution in [1.29, 1.82) is 0 Å². The monoisotopic (exact) mass is 388 g/mol. The highest BCUT2D eigenvalue weighted by molar-refractivity contribution is 6.38. The molecule has 3 heterocycles. The quantitative estimate of drug-likeness (QED) is 0.485. The van der Waals surface area contributed by atoms with E-state index in [1.807, 2.05) is 30.3 Å². The fourth-order valence-electron chi connectivity index (χ4n) is 3.55. The Kier molecular flexibility index (Phi) is 3.57. The van der Waals surface area contributed by atoms with Crippen LogP contribution in [-0.2, 0) is 7.05 Å². The molecular weight excluding hydrogens is 376 g/mol. The lowest BCUT2D eigenvalue weighted by Crippen LogP contribution is -2.29. The first-order chi connectivity index (χ1) is 13.6. The van der Waals surface area contributed by atoms with Crippen molar-refractivity contribution in [2.24, 2.45) is 7.05 Å². The van der Waals surface area contributed by atoms with Crippen LogP contribution in [0.5, 0.6) is 0 Å². The zero-order valence-corrected chi connectivity index (χ0v) is 15.5. The summed E-state index contributed by atoms with van der Waals surface area (Å²) in [7, 11) is 1.77. The van der Waals surface area contributed by atoms with E-state index in [1.54, 1.807) is 36.0 Å². The molecule has 0 radical (unpaired) electrons. The number of pyridine rings is 1. The van der Waals surface area contributed by atoms with Crippen LogP contribution < -0.4 is 4.90 Å². The van der Waals surface area contributed by atoms with Crippen molar-refractivity contribution in [2.75, 3.05) is 4.90 Å². The Labute approximate surface area is 165 Å². The number of benzene rings is 2. The number of carbonyl (C=O) groups is 2. The highest BCUT2D eigenvalue weighted by atomic mass is 35.5. The minimum absolute atomic E-state index is 0.276. The van der Waals surface area contributed by atoms with Gasteiger partial charge in [-0.2, -0.15) is 5.10 Å². The Balaban J connectivity index is 1.77. The lowest BCUT2D eigenvalue weighted by atomic mass is 10.0. The van der Waals surface area contributed by atoms with Gasteiger partial charge in [-0.1, -0.05) is 41.9 Å². The van der Waals surface area contributed by atoms with Gasteiger partial charge < -0.3 is 0 Å². The fraction of sp³-hybridized carbons (Fsp3) is 0.0476. The third-order valence-electron chi connectivity index (χ3n) is 4.83. The van der Waals surface area contributed by atoms with Crippen molar-refractivity contribution in [3.8, 4) is 11.3 Å². The molecule has 4 aromatic rings. The van der Waals surface area contributed by atoms with Crippen molar-refractivity contribution in [3.05, 3.63) is 76.9 Å². The summed E-state index contributed by atoms with van der Waals surface area (Å²) < 4.78 is 1.63. The first-order valence-corrected chi connectivity index (χ1v) is 8.99. The standard InChI is InChI=1S/C21H13ClN4O2/c1-25-19-17(18(24-25)12-5-3-2-4-6-12)16-15(11-23-19)20(27)26(21(16)28)14-9-7-13(22)8-10-14/h2-11H,1H3. The zero-order valence-electron chi connectivity index (χ0n) is 14.8. The predicted molar refractivity (Wildman–Crippen MR) is 107 cm³/mol. The van der Waals surface area contributed by atoms with E-state index in [4.69, 9.17) is 11.6 Å². The molecule has 0 N–H and O–H groups in total. The zero-order chi connectivity index (χ0) is 19.4. The van der Waals surface area contributed by atoms with Crippen LogP contribution in [0, 0.1) is 0 Å². The third-order valence-corrected chi connectivity index (χ3v) is 5.09. The summed E-state index contributed by atoms with van der Waals surface area (Å²) in [6.07, 6.45) is 1.45. The first-order valence-electron chi connectivity index (χ1n) is 8.62. The van der Waals surface area contributed by atoms with Crippen molar-refractivity contribution in [1.82, 2.24) is 14.8 Å². The molecule has 28 heavy (non-hydrogen) atoms. The van der Waals surface area contributed by atoms with Crippen molar-refractivity contribution >= 4 is 40.1 Å². The molecule has 2 amide bonds. The summed E-state index contributed by atoms with van der Waals surface area (Å²) in [5.74, 6) is -0.792. The number of amides is 2. The summed E-state index contributed by atoms with van der Waals surface area (Å²) in [4.78, 5) is 31.9. The number of aromatic nitrogens is 3. The van der Waals surface area contributed by atoms with Gasteiger partial charge in [0.25, 0.3) is 11.8 Å². The highest BCUT2D eigenvalue weighted by Gasteiger charge is 2.40. The summed E-state index contributed by atoms with van der Waals surface area (Å²) in [5, 5.41) is 5.68. The van der Waals surface area contributed by atoms with E-state index in [9.17, 15) is 9.59 Å².